The molecule has 1 rings (SSSR count). The van der Waals surface area contributed by atoms with Gasteiger partial charge in [0.25, 0.3) is 0 Å². The van der Waals surface area contributed by atoms with E-state index in [0.717, 1.165) is 5.56 Å². The summed E-state index contributed by atoms with van der Waals surface area (Å²) in [5.74, 6) is -0.377. The van der Waals surface area contributed by atoms with E-state index in [2.05, 4.69) is 0 Å². The summed E-state index contributed by atoms with van der Waals surface area (Å²) < 4.78 is 10.5. The van der Waals surface area contributed by atoms with Crippen molar-refractivity contribution in [2.24, 2.45) is 0 Å². The van der Waals surface area contributed by atoms with E-state index < -0.39 is 0 Å². The molecule has 0 aliphatic carbocycles. The molecule has 0 spiro atoms. The first kappa shape index (κ1) is 14.5. The van der Waals surface area contributed by atoms with Crippen LogP contribution in [0.5, 0.6) is 0 Å². The third-order valence-electron chi connectivity index (χ3n) is 3.00. The van der Waals surface area contributed by atoms with Gasteiger partial charge < -0.3 is 15.2 Å². The van der Waals surface area contributed by atoms with Crippen LogP contribution in [0.4, 0.5) is 5.69 Å². The lowest BCUT2D eigenvalue weighted by molar-refractivity contribution is -0.00561. The van der Waals surface area contributed by atoms with Crippen LogP contribution in [0.15, 0.2) is 18.2 Å². The van der Waals surface area contributed by atoms with Gasteiger partial charge in [-0.1, -0.05) is 12.1 Å². The van der Waals surface area contributed by atoms with E-state index in [1.807, 2.05) is 32.9 Å². The molecular weight excluding hydrogens is 230 g/mol. The molecule has 0 aliphatic heterocycles. The van der Waals surface area contributed by atoms with E-state index in [0.29, 0.717) is 24.3 Å². The lowest BCUT2D eigenvalue weighted by Gasteiger charge is -2.22. The molecule has 4 nitrogen and oxygen atoms in total. The third kappa shape index (κ3) is 3.74. The van der Waals surface area contributed by atoms with Crippen molar-refractivity contribution in [3.8, 4) is 0 Å². The van der Waals surface area contributed by atoms with Crippen molar-refractivity contribution < 1.29 is 14.3 Å². The quantitative estimate of drug-likeness (QED) is 0.645. The molecule has 1 aromatic carbocycles. The average molecular weight is 251 g/mol. The van der Waals surface area contributed by atoms with Crippen LogP contribution >= 0.6 is 0 Å². The number of ether oxygens (including phenoxy) is 2. The van der Waals surface area contributed by atoms with Crippen molar-refractivity contribution in [3.05, 3.63) is 29.3 Å². The van der Waals surface area contributed by atoms with Crippen LogP contribution < -0.4 is 5.73 Å². The molecule has 100 valence electrons. The lowest BCUT2D eigenvalue weighted by Crippen LogP contribution is -2.25. The van der Waals surface area contributed by atoms with E-state index in [4.69, 9.17) is 15.2 Å². The van der Waals surface area contributed by atoms with Crippen LogP contribution in [0.1, 0.15) is 36.2 Å². The molecule has 0 bridgehead atoms. The van der Waals surface area contributed by atoms with Crippen molar-refractivity contribution in [1.29, 1.82) is 0 Å². The number of anilines is 1. The van der Waals surface area contributed by atoms with Gasteiger partial charge in [-0.15, -0.1) is 0 Å². The smallest absolute Gasteiger partial charge is 0.340 e. The highest BCUT2D eigenvalue weighted by molar-refractivity contribution is 5.96. The number of nitrogens with two attached hydrogens (primary N) is 1. The molecule has 0 fully saturated rings. The fourth-order valence-corrected chi connectivity index (χ4v) is 1.53. The molecule has 0 atom stereocenters. The number of esters is 1. The summed E-state index contributed by atoms with van der Waals surface area (Å²) in [5, 5.41) is 0. The molecule has 0 aromatic heterocycles. The Bertz CT molecular complexity index is 407. The Kier molecular flexibility index (Phi) is 4.73. The third-order valence-corrected chi connectivity index (χ3v) is 3.00. The maximum atomic E-state index is 11.9. The van der Waals surface area contributed by atoms with Crippen molar-refractivity contribution in [2.75, 3.05) is 19.5 Å². The van der Waals surface area contributed by atoms with Gasteiger partial charge in [-0.3, -0.25) is 0 Å². The normalized spacial score (nSPS) is 11.3. The van der Waals surface area contributed by atoms with Crippen molar-refractivity contribution in [1.82, 2.24) is 0 Å². The average Bonchev–Trinajstić information content (AvgIpc) is 2.28. The minimum atomic E-state index is -0.377. The predicted octanol–water partition coefficient (Wildman–Crippen LogP) is 2.55. The van der Waals surface area contributed by atoms with Gasteiger partial charge in [0, 0.05) is 19.2 Å². The molecule has 1 aromatic rings. The standard InChI is InChI=1S/C14H21NO3/c1-10-6-5-7-11(15)12(10)13(16)18-9-8-14(2,3)17-4/h5-7H,8-9,15H2,1-4H3. The molecule has 0 heterocycles. The topological polar surface area (TPSA) is 61.5 Å². The van der Waals surface area contributed by atoms with Crippen molar-refractivity contribution in [3.63, 3.8) is 0 Å². The van der Waals surface area contributed by atoms with Gasteiger partial charge >= 0.3 is 5.97 Å². The molecule has 0 amide bonds. The maximum Gasteiger partial charge on any atom is 0.340 e. The van der Waals surface area contributed by atoms with E-state index in [1.54, 1.807) is 13.2 Å². The Balaban J connectivity index is 2.62. The first-order chi connectivity index (χ1) is 8.37. The highest BCUT2D eigenvalue weighted by Crippen LogP contribution is 2.18. The van der Waals surface area contributed by atoms with Crippen LogP contribution in [0.2, 0.25) is 0 Å². The van der Waals surface area contributed by atoms with Crippen LogP contribution in [-0.2, 0) is 9.47 Å². The number of carbonyl (C=O) groups is 1. The van der Waals surface area contributed by atoms with Crippen LogP contribution in [-0.4, -0.2) is 25.3 Å². The summed E-state index contributed by atoms with van der Waals surface area (Å²) in [6.45, 7) is 6.05. The molecule has 0 saturated carbocycles. The molecule has 0 saturated heterocycles. The lowest BCUT2D eigenvalue weighted by atomic mass is 10.1. The monoisotopic (exact) mass is 251 g/mol. The zero-order chi connectivity index (χ0) is 13.8. The van der Waals surface area contributed by atoms with Crippen LogP contribution in [0, 0.1) is 6.92 Å². The fraction of sp³-hybridized carbons (Fsp3) is 0.500. The van der Waals surface area contributed by atoms with Gasteiger partial charge in [0.05, 0.1) is 17.8 Å². The number of aryl methyl sites for hydroxylation is 1. The molecule has 2 N–H and O–H groups in total. The van der Waals surface area contributed by atoms with E-state index in [-0.39, 0.29) is 11.6 Å². The minimum Gasteiger partial charge on any atom is -0.462 e. The van der Waals surface area contributed by atoms with Gasteiger partial charge in [0.1, 0.15) is 0 Å². The Labute approximate surface area is 108 Å². The Morgan fingerprint density at radius 2 is 2.06 bits per heavy atom. The largest absolute Gasteiger partial charge is 0.462 e. The molecule has 4 heteroatoms. The summed E-state index contributed by atoms with van der Waals surface area (Å²) >= 11 is 0. The van der Waals surface area contributed by atoms with Gasteiger partial charge in [0.15, 0.2) is 0 Å². The number of carbonyl (C=O) groups excluding carboxylic acids is 1. The molecule has 0 unspecified atom stereocenters. The number of rotatable bonds is 5. The fourth-order valence-electron chi connectivity index (χ4n) is 1.53. The van der Waals surface area contributed by atoms with Gasteiger partial charge in [-0.2, -0.15) is 0 Å². The Hall–Kier alpha value is -1.55. The second-order valence-corrected chi connectivity index (χ2v) is 4.89. The number of hydrogen-bond donors (Lipinski definition) is 1. The SMILES string of the molecule is COC(C)(C)CCOC(=O)c1c(C)cccc1N. The molecule has 0 aliphatic rings. The Morgan fingerprint density at radius 3 is 2.61 bits per heavy atom. The zero-order valence-corrected chi connectivity index (χ0v) is 11.4. The zero-order valence-electron chi connectivity index (χ0n) is 11.4. The second kappa shape index (κ2) is 5.87. The number of hydrogen-bond acceptors (Lipinski definition) is 4. The number of benzene rings is 1. The van der Waals surface area contributed by atoms with Crippen molar-refractivity contribution >= 4 is 11.7 Å². The molecule has 0 radical (unpaired) electrons. The first-order valence-electron chi connectivity index (χ1n) is 5.95. The molecule has 18 heavy (non-hydrogen) atoms. The minimum absolute atomic E-state index is 0.294. The second-order valence-electron chi connectivity index (χ2n) is 4.89. The summed E-state index contributed by atoms with van der Waals surface area (Å²) in [6.07, 6.45) is 0.640. The van der Waals surface area contributed by atoms with Crippen LogP contribution in [0.3, 0.4) is 0 Å². The number of nitrogen functional groups attached to an aromatic ring is 1. The van der Waals surface area contributed by atoms with E-state index >= 15 is 0 Å². The molecular formula is C14H21NO3. The maximum absolute atomic E-state index is 11.9. The highest BCUT2D eigenvalue weighted by Gasteiger charge is 2.19. The first-order valence-corrected chi connectivity index (χ1v) is 5.95. The highest BCUT2D eigenvalue weighted by atomic mass is 16.5. The van der Waals surface area contributed by atoms with Gasteiger partial charge in [-0.05, 0) is 32.4 Å². The number of methoxy groups -OCH3 is 1. The van der Waals surface area contributed by atoms with Gasteiger partial charge in [-0.25, -0.2) is 4.79 Å². The summed E-state index contributed by atoms with van der Waals surface area (Å²) in [6, 6.07) is 5.35. The summed E-state index contributed by atoms with van der Waals surface area (Å²) in [4.78, 5) is 11.9. The predicted molar refractivity (Wildman–Crippen MR) is 71.6 cm³/mol. The summed E-state index contributed by atoms with van der Waals surface area (Å²) in [7, 11) is 1.64. The van der Waals surface area contributed by atoms with E-state index in [9.17, 15) is 4.79 Å². The Morgan fingerprint density at radius 1 is 1.39 bits per heavy atom. The van der Waals surface area contributed by atoms with E-state index in [1.165, 1.54) is 0 Å². The van der Waals surface area contributed by atoms with Crippen molar-refractivity contribution in [2.45, 2.75) is 32.8 Å². The van der Waals surface area contributed by atoms with Crippen LogP contribution in [0.25, 0.3) is 0 Å². The summed E-state index contributed by atoms with van der Waals surface area (Å²) in [5.41, 5.74) is 7.21. The van der Waals surface area contributed by atoms with Gasteiger partial charge in [0.2, 0.25) is 0 Å².